The summed E-state index contributed by atoms with van der Waals surface area (Å²) in [6.07, 6.45) is -2.95. The van der Waals surface area contributed by atoms with Gasteiger partial charge in [-0.25, -0.2) is 19.2 Å². The molecule has 0 radical (unpaired) electrons. The molecule has 40 heavy (non-hydrogen) atoms. The number of carbonyl (C=O) groups is 4. The van der Waals surface area contributed by atoms with E-state index < -0.39 is 48.7 Å². The Morgan fingerprint density at radius 1 is 0.800 bits per heavy atom. The average molecular weight is 570 g/mol. The van der Waals surface area contributed by atoms with E-state index in [4.69, 9.17) is 28.4 Å². The van der Waals surface area contributed by atoms with Gasteiger partial charge in [0.25, 0.3) is 5.72 Å². The summed E-state index contributed by atoms with van der Waals surface area (Å²) in [6, 6.07) is 3.62. The highest BCUT2D eigenvalue weighted by Gasteiger charge is 2.44. The second kappa shape index (κ2) is 16.5. The van der Waals surface area contributed by atoms with Crippen LogP contribution < -0.4 is 14.8 Å². The van der Waals surface area contributed by atoms with E-state index in [1.165, 1.54) is 18.2 Å². The maximum atomic E-state index is 12.4. The molecule has 0 unspecified atom stereocenters. The molecule has 0 amide bonds. The number of ether oxygens (including phenoxy) is 6. The second-order valence-electron chi connectivity index (χ2n) is 10.7. The number of hydrogen-bond donors (Lipinski definition) is 2. The first-order valence-corrected chi connectivity index (χ1v) is 13.4. The van der Waals surface area contributed by atoms with Crippen molar-refractivity contribution >= 4 is 24.4 Å². The van der Waals surface area contributed by atoms with Gasteiger partial charge in [0.2, 0.25) is 0 Å². The first-order valence-electron chi connectivity index (χ1n) is 13.4. The molecule has 1 aromatic carbocycles. The summed E-state index contributed by atoms with van der Waals surface area (Å²) in [5.74, 6) is -1.26. The van der Waals surface area contributed by atoms with Crippen LogP contribution in [0.25, 0.3) is 0 Å². The van der Waals surface area contributed by atoms with Crippen molar-refractivity contribution in [3.8, 4) is 11.5 Å². The molecular weight excluding hydrogens is 526 g/mol. The van der Waals surface area contributed by atoms with E-state index in [1.807, 2.05) is 27.7 Å². The zero-order chi connectivity index (χ0) is 30.5. The van der Waals surface area contributed by atoms with Crippen LogP contribution in [0.5, 0.6) is 11.5 Å². The Kier molecular flexibility index (Phi) is 14.3. The highest BCUT2D eigenvalue weighted by atomic mass is 16.8. The Morgan fingerprint density at radius 3 is 1.77 bits per heavy atom. The SMILES string of the molecule is CC(C)CCOC(=O)Oc1ccc(C[C@](NC(C)C)(OC(=O)OC(C)C)C(=O)O)cc1OC(=O)OCCC(C)C. The fourth-order valence-electron chi connectivity index (χ4n) is 3.23. The Balaban J connectivity index is 3.32. The predicted octanol–water partition coefficient (Wildman–Crippen LogP) is 5.69. The zero-order valence-corrected chi connectivity index (χ0v) is 24.6. The van der Waals surface area contributed by atoms with Crippen LogP contribution in [0.1, 0.15) is 73.8 Å². The molecule has 0 heterocycles. The maximum Gasteiger partial charge on any atom is 0.513 e. The molecule has 0 saturated carbocycles. The number of carboxylic acid groups (broad SMARTS) is 1. The first-order chi connectivity index (χ1) is 18.6. The first kappa shape index (κ1) is 34.5. The van der Waals surface area contributed by atoms with Crippen molar-refractivity contribution in [2.24, 2.45) is 11.8 Å². The number of aliphatic carboxylic acids is 1. The molecule has 0 fully saturated rings. The molecule has 1 rings (SSSR count). The molecule has 1 atom stereocenters. The van der Waals surface area contributed by atoms with E-state index in [2.05, 4.69) is 5.32 Å². The molecule has 0 saturated heterocycles. The standard InChI is InChI=1S/C28H43NO11/c1-17(2)11-13-35-25(32)38-22-10-9-21(15-23(22)39-26(33)36-14-12-18(3)4)16-28(24(30)31,29-19(5)6)40-27(34)37-20(7)8/h9-10,15,17-20,29H,11-14,16H2,1-8H3,(H,30,31)/t28-/m0/s1. The van der Waals surface area contributed by atoms with Gasteiger partial charge >= 0.3 is 24.4 Å². The Labute approximate surface area is 235 Å². The van der Waals surface area contributed by atoms with E-state index in [1.54, 1.807) is 27.7 Å². The van der Waals surface area contributed by atoms with Gasteiger partial charge in [-0.15, -0.1) is 0 Å². The highest BCUT2D eigenvalue weighted by Crippen LogP contribution is 2.31. The van der Waals surface area contributed by atoms with Crippen molar-refractivity contribution in [1.82, 2.24) is 5.32 Å². The summed E-state index contributed by atoms with van der Waals surface area (Å²) in [5.41, 5.74) is -1.97. The summed E-state index contributed by atoms with van der Waals surface area (Å²) in [7, 11) is 0. The summed E-state index contributed by atoms with van der Waals surface area (Å²) in [4.78, 5) is 49.3. The van der Waals surface area contributed by atoms with Crippen LogP contribution in [0, 0.1) is 11.8 Å². The van der Waals surface area contributed by atoms with Crippen LogP contribution in [-0.4, -0.2) is 60.6 Å². The van der Waals surface area contributed by atoms with Gasteiger partial charge in [-0.2, -0.15) is 0 Å². The second-order valence-corrected chi connectivity index (χ2v) is 10.7. The maximum absolute atomic E-state index is 12.4. The number of hydrogen-bond acceptors (Lipinski definition) is 11. The number of carbonyl (C=O) groups excluding carboxylic acids is 3. The van der Waals surface area contributed by atoms with Gasteiger partial charge in [0.15, 0.2) is 11.5 Å². The lowest BCUT2D eigenvalue weighted by Crippen LogP contribution is -2.59. The molecule has 1 aromatic rings. The molecule has 226 valence electrons. The van der Waals surface area contributed by atoms with Crippen molar-refractivity contribution in [2.75, 3.05) is 13.2 Å². The van der Waals surface area contributed by atoms with Crippen LogP contribution in [0.4, 0.5) is 14.4 Å². The van der Waals surface area contributed by atoms with Gasteiger partial charge in [-0.3, -0.25) is 5.32 Å². The van der Waals surface area contributed by atoms with Gasteiger partial charge < -0.3 is 33.5 Å². The molecular formula is C28H43NO11. The largest absolute Gasteiger partial charge is 0.513 e. The summed E-state index contributed by atoms with van der Waals surface area (Å²) in [5, 5.41) is 12.8. The minimum atomic E-state index is -2.23. The molecule has 12 heteroatoms. The Bertz CT molecular complexity index is 990. The quantitative estimate of drug-likeness (QED) is 0.115. The van der Waals surface area contributed by atoms with Gasteiger partial charge in [-0.1, -0.05) is 33.8 Å². The summed E-state index contributed by atoms with van der Waals surface area (Å²) < 4.78 is 31.0. The fraction of sp³-hybridized carbons (Fsp3) is 0.643. The van der Waals surface area contributed by atoms with Gasteiger partial charge in [0, 0.05) is 12.5 Å². The normalized spacial score (nSPS) is 12.7. The molecule has 0 aromatic heterocycles. The number of benzene rings is 1. The van der Waals surface area contributed by atoms with E-state index >= 15 is 0 Å². The lowest BCUT2D eigenvalue weighted by Gasteiger charge is -2.32. The van der Waals surface area contributed by atoms with Crippen LogP contribution in [-0.2, 0) is 30.2 Å². The molecule has 0 bridgehead atoms. The van der Waals surface area contributed by atoms with Crippen molar-refractivity contribution in [2.45, 2.75) is 92.5 Å². The van der Waals surface area contributed by atoms with Crippen molar-refractivity contribution in [3.05, 3.63) is 23.8 Å². The van der Waals surface area contributed by atoms with E-state index in [9.17, 15) is 24.3 Å². The van der Waals surface area contributed by atoms with Crippen LogP contribution in [0.2, 0.25) is 0 Å². The van der Waals surface area contributed by atoms with Crippen molar-refractivity contribution in [1.29, 1.82) is 0 Å². The van der Waals surface area contributed by atoms with Crippen LogP contribution >= 0.6 is 0 Å². The van der Waals surface area contributed by atoms with E-state index in [0.717, 1.165) is 0 Å². The third-order valence-electron chi connectivity index (χ3n) is 5.13. The van der Waals surface area contributed by atoms with Crippen LogP contribution in [0.3, 0.4) is 0 Å². The Hall–Kier alpha value is -3.54. The van der Waals surface area contributed by atoms with Crippen molar-refractivity contribution < 1.29 is 52.7 Å². The van der Waals surface area contributed by atoms with E-state index in [0.29, 0.717) is 18.8 Å². The number of nitrogens with one attached hydrogen (secondary N) is 1. The monoisotopic (exact) mass is 569 g/mol. The third kappa shape index (κ3) is 13.0. The number of carboxylic acids is 1. The van der Waals surface area contributed by atoms with Crippen LogP contribution in [0.15, 0.2) is 18.2 Å². The molecule has 0 aliphatic rings. The Morgan fingerprint density at radius 2 is 1.32 bits per heavy atom. The van der Waals surface area contributed by atoms with Gasteiger partial charge in [-0.05, 0) is 70.1 Å². The summed E-state index contributed by atoms with van der Waals surface area (Å²) >= 11 is 0. The topological polar surface area (TPSA) is 156 Å². The minimum absolute atomic E-state index is 0.107. The third-order valence-corrected chi connectivity index (χ3v) is 5.13. The van der Waals surface area contributed by atoms with E-state index in [-0.39, 0.29) is 36.2 Å². The molecule has 2 N–H and O–H groups in total. The summed E-state index contributed by atoms with van der Waals surface area (Å²) in [6.45, 7) is 14.7. The average Bonchev–Trinajstić information content (AvgIpc) is 2.79. The molecule has 0 spiro atoms. The lowest BCUT2D eigenvalue weighted by atomic mass is 10.0. The predicted molar refractivity (Wildman–Crippen MR) is 144 cm³/mol. The fourth-order valence-corrected chi connectivity index (χ4v) is 3.23. The lowest BCUT2D eigenvalue weighted by molar-refractivity contribution is -0.167. The molecule has 0 aliphatic heterocycles. The smallest absolute Gasteiger partial charge is 0.477 e. The van der Waals surface area contributed by atoms with Gasteiger partial charge in [0.1, 0.15) is 0 Å². The minimum Gasteiger partial charge on any atom is -0.477 e. The zero-order valence-electron chi connectivity index (χ0n) is 24.6. The molecule has 12 nitrogen and oxygen atoms in total. The van der Waals surface area contributed by atoms with Gasteiger partial charge in [0.05, 0.1) is 19.3 Å². The molecule has 0 aliphatic carbocycles. The number of rotatable bonds is 15. The highest BCUT2D eigenvalue weighted by molar-refractivity contribution is 5.80. The van der Waals surface area contributed by atoms with Crippen molar-refractivity contribution in [3.63, 3.8) is 0 Å².